The highest BCUT2D eigenvalue weighted by atomic mass is 16.5. The minimum absolute atomic E-state index is 0.0205. The van der Waals surface area contributed by atoms with Crippen molar-refractivity contribution in [2.75, 3.05) is 0 Å². The standard InChI is InChI=1S/C19H22N2O2/c1-12(2)23-16-10-9-13(14-7-5-6-8-15(14)16)11-17-19(3,4)18(22)21-20-17/h5-12,20H,1-4H3,(H,21,22)/b17-11-. The molecule has 1 heterocycles. The van der Waals surface area contributed by atoms with Gasteiger partial charge in [-0.05, 0) is 50.8 Å². The molecule has 0 spiro atoms. The zero-order chi connectivity index (χ0) is 16.6. The molecule has 120 valence electrons. The molecule has 0 atom stereocenters. The maximum atomic E-state index is 11.9. The van der Waals surface area contributed by atoms with Crippen LogP contribution >= 0.6 is 0 Å². The third kappa shape index (κ3) is 2.77. The molecule has 2 N–H and O–H groups in total. The number of rotatable bonds is 3. The zero-order valence-electron chi connectivity index (χ0n) is 13.9. The summed E-state index contributed by atoms with van der Waals surface area (Å²) in [5.41, 5.74) is 7.03. The largest absolute Gasteiger partial charge is 0.490 e. The highest BCUT2D eigenvalue weighted by molar-refractivity contribution is 5.96. The van der Waals surface area contributed by atoms with Crippen LogP contribution in [0.1, 0.15) is 33.3 Å². The average molecular weight is 310 g/mol. The van der Waals surface area contributed by atoms with Gasteiger partial charge in [-0.1, -0.05) is 30.3 Å². The molecule has 2 aromatic carbocycles. The summed E-state index contributed by atoms with van der Waals surface area (Å²) in [6.45, 7) is 7.86. The van der Waals surface area contributed by atoms with Crippen LogP contribution in [-0.4, -0.2) is 12.0 Å². The van der Waals surface area contributed by atoms with E-state index in [4.69, 9.17) is 4.74 Å². The minimum Gasteiger partial charge on any atom is -0.490 e. The summed E-state index contributed by atoms with van der Waals surface area (Å²) in [4.78, 5) is 11.9. The lowest BCUT2D eigenvalue weighted by atomic mass is 9.88. The Bertz CT molecular complexity index is 791. The van der Waals surface area contributed by atoms with Gasteiger partial charge in [0.1, 0.15) is 5.75 Å². The third-order valence-electron chi connectivity index (χ3n) is 4.13. The van der Waals surface area contributed by atoms with Gasteiger partial charge in [-0.25, -0.2) is 0 Å². The minimum atomic E-state index is -0.561. The molecule has 2 aromatic rings. The highest BCUT2D eigenvalue weighted by Crippen LogP contribution is 2.34. The Hall–Kier alpha value is -2.49. The molecule has 1 aliphatic rings. The van der Waals surface area contributed by atoms with Crippen LogP contribution in [0.4, 0.5) is 0 Å². The fourth-order valence-corrected chi connectivity index (χ4v) is 2.71. The lowest BCUT2D eigenvalue weighted by Gasteiger charge is -2.16. The second kappa shape index (κ2) is 5.61. The molecule has 1 fully saturated rings. The number of carbonyl (C=O) groups is 1. The monoisotopic (exact) mass is 310 g/mol. The molecule has 4 nitrogen and oxygen atoms in total. The summed E-state index contributed by atoms with van der Waals surface area (Å²) in [6.07, 6.45) is 2.15. The van der Waals surface area contributed by atoms with Crippen molar-refractivity contribution in [2.24, 2.45) is 5.41 Å². The SMILES string of the molecule is CC(C)Oc1ccc(/C=C2\NNC(=O)C2(C)C)c2ccccc12. The van der Waals surface area contributed by atoms with Gasteiger partial charge in [0.05, 0.1) is 11.5 Å². The Balaban J connectivity index is 2.12. The molecular weight excluding hydrogens is 288 g/mol. The van der Waals surface area contributed by atoms with Gasteiger partial charge >= 0.3 is 0 Å². The van der Waals surface area contributed by atoms with E-state index < -0.39 is 5.41 Å². The van der Waals surface area contributed by atoms with E-state index in [-0.39, 0.29) is 12.0 Å². The quantitative estimate of drug-likeness (QED) is 0.910. The van der Waals surface area contributed by atoms with Crippen molar-refractivity contribution in [3.63, 3.8) is 0 Å². The van der Waals surface area contributed by atoms with E-state index in [1.165, 1.54) is 0 Å². The summed E-state index contributed by atoms with van der Waals surface area (Å²) in [6, 6.07) is 12.2. The molecule has 0 aliphatic carbocycles. The topological polar surface area (TPSA) is 50.4 Å². The van der Waals surface area contributed by atoms with E-state index in [2.05, 4.69) is 23.0 Å². The van der Waals surface area contributed by atoms with E-state index in [1.54, 1.807) is 0 Å². The predicted molar refractivity (Wildman–Crippen MR) is 92.7 cm³/mol. The molecule has 0 unspecified atom stereocenters. The van der Waals surface area contributed by atoms with E-state index in [0.717, 1.165) is 27.8 Å². The van der Waals surface area contributed by atoms with Crippen LogP contribution < -0.4 is 15.6 Å². The van der Waals surface area contributed by atoms with Crippen molar-refractivity contribution < 1.29 is 9.53 Å². The normalized spacial score (nSPS) is 18.3. The molecule has 1 saturated heterocycles. The molecule has 0 aromatic heterocycles. The van der Waals surface area contributed by atoms with E-state index in [1.807, 2.05) is 58.0 Å². The number of carbonyl (C=O) groups excluding carboxylic acids is 1. The van der Waals surface area contributed by atoms with Gasteiger partial charge in [0.25, 0.3) is 0 Å². The van der Waals surface area contributed by atoms with Crippen molar-refractivity contribution >= 4 is 22.8 Å². The van der Waals surface area contributed by atoms with Gasteiger partial charge < -0.3 is 10.2 Å². The first-order valence-corrected chi connectivity index (χ1v) is 7.86. The molecule has 3 rings (SSSR count). The molecule has 23 heavy (non-hydrogen) atoms. The maximum Gasteiger partial charge on any atom is 0.249 e. The second-order valence-electron chi connectivity index (χ2n) is 6.63. The molecule has 1 amide bonds. The van der Waals surface area contributed by atoms with Gasteiger partial charge in [-0.3, -0.25) is 10.2 Å². The number of benzene rings is 2. The molecule has 4 heteroatoms. The Kier molecular flexibility index (Phi) is 3.76. The predicted octanol–water partition coefficient (Wildman–Crippen LogP) is 3.63. The Labute approximate surface area is 136 Å². The third-order valence-corrected chi connectivity index (χ3v) is 4.13. The maximum absolute atomic E-state index is 11.9. The van der Waals surface area contributed by atoms with Crippen molar-refractivity contribution in [3.8, 4) is 5.75 Å². The number of amides is 1. The molecule has 1 aliphatic heterocycles. The molecule has 0 bridgehead atoms. The number of ether oxygens (including phenoxy) is 1. The molecular formula is C19H22N2O2. The van der Waals surface area contributed by atoms with Gasteiger partial charge in [0.15, 0.2) is 0 Å². The molecule has 0 radical (unpaired) electrons. The van der Waals surface area contributed by atoms with Gasteiger partial charge in [0, 0.05) is 11.1 Å². The van der Waals surface area contributed by atoms with E-state index >= 15 is 0 Å². The van der Waals surface area contributed by atoms with Crippen LogP contribution in [0.2, 0.25) is 0 Å². The van der Waals surface area contributed by atoms with Crippen LogP contribution in [-0.2, 0) is 4.79 Å². The van der Waals surface area contributed by atoms with Crippen LogP contribution in [0.3, 0.4) is 0 Å². The first-order chi connectivity index (χ1) is 10.9. The summed E-state index contributed by atoms with van der Waals surface area (Å²) in [7, 11) is 0. The zero-order valence-corrected chi connectivity index (χ0v) is 13.9. The van der Waals surface area contributed by atoms with Gasteiger partial charge in [-0.2, -0.15) is 0 Å². The lowest BCUT2D eigenvalue weighted by Crippen LogP contribution is -2.28. The smallest absolute Gasteiger partial charge is 0.249 e. The van der Waals surface area contributed by atoms with Crippen molar-refractivity contribution in [3.05, 3.63) is 47.7 Å². The van der Waals surface area contributed by atoms with Gasteiger partial charge in [0.2, 0.25) is 5.91 Å². The van der Waals surface area contributed by atoms with Crippen molar-refractivity contribution in [2.45, 2.75) is 33.8 Å². The number of nitrogens with one attached hydrogen (secondary N) is 2. The summed E-state index contributed by atoms with van der Waals surface area (Å²) in [5, 5.41) is 2.18. The van der Waals surface area contributed by atoms with Crippen molar-refractivity contribution in [1.82, 2.24) is 10.9 Å². The van der Waals surface area contributed by atoms with Crippen LogP contribution in [0.15, 0.2) is 42.1 Å². The fraction of sp³-hybridized carbons (Fsp3) is 0.316. The Morgan fingerprint density at radius 3 is 2.35 bits per heavy atom. The van der Waals surface area contributed by atoms with Crippen molar-refractivity contribution in [1.29, 1.82) is 0 Å². The fourth-order valence-electron chi connectivity index (χ4n) is 2.71. The number of hydrogen-bond acceptors (Lipinski definition) is 3. The first kappa shape index (κ1) is 15.4. The van der Waals surface area contributed by atoms with Crippen LogP contribution in [0, 0.1) is 5.41 Å². The number of hydrogen-bond donors (Lipinski definition) is 2. The number of hydrazine groups is 1. The van der Waals surface area contributed by atoms with E-state index in [0.29, 0.717) is 0 Å². The molecule has 0 saturated carbocycles. The number of fused-ring (bicyclic) bond motifs is 1. The van der Waals surface area contributed by atoms with E-state index in [9.17, 15) is 4.79 Å². The van der Waals surface area contributed by atoms with Crippen LogP contribution in [0.5, 0.6) is 5.75 Å². The summed E-state index contributed by atoms with van der Waals surface area (Å²) >= 11 is 0. The average Bonchev–Trinajstić information content (AvgIpc) is 2.76. The first-order valence-electron chi connectivity index (χ1n) is 7.86. The Morgan fingerprint density at radius 1 is 1.04 bits per heavy atom. The summed E-state index contributed by atoms with van der Waals surface area (Å²) < 4.78 is 5.91. The lowest BCUT2D eigenvalue weighted by molar-refractivity contribution is -0.125. The van der Waals surface area contributed by atoms with Crippen LogP contribution in [0.25, 0.3) is 16.8 Å². The highest BCUT2D eigenvalue weighted by Gasteiger charge is 2.37. The van der Waals surface area contributed by atoms with Gasteiger partial charge in [-0.15, -0.1) is 0 Å². The Morgan fingerprint density at radius 2 is 1.74 bits per heavy atom. The second-order valence-corrected chi connectivity index (χ2v) is 6.63. The summed E-state index contributed by atoms with van der Waals surface area (Å²) in [5.74, 6) is 0.860.